The van der Waals surface area contributed by atoms with Gasteiger partial charge in [-0.2, -0.15) is 0 Å². The molecule has 0 saturated carbocycles. The van der Waals surface area contributed by atoms with E-state index in [-0.39, 0.29) is 30.3 Å². The molecule has 1 atom stereocenters. The third-order valence-corrected chi connectivity index (χ3v) is 3.46. The topological polar surface area (TPSA) is 109 Å². The Morgan fingerprint density at radius 1 is 1.57 bits per heavy atom. The lowest BCUT2D eigenvalue weighted by atomic mass is 10.0. The van der Waals surface area contributed by atoms with Crippen molar-refractivity contribution in [1.82, 2.24) is 10.3 Å². The highest BCUT2D eigenvalue weighted by Gasteiger charge is 2.30. The number of ether oxygens (including phenoxy) is 1. The van der Waals surface area contributed by atoms with Crippen molar-refractivity contribution in [3.05, 3.63) is 23.0 Å². The number of rotatable bonds is 4. The lowest BCUT2D eigenvalue weighted by Crippen LogP contribution is -2.48. The minimum absolute atomic E-state index is 0.113. The van der Waals surface area contributed by atoms with E-state index in [9.17, 15) is 19.8 Å². The fourth-order valence-electron chi connectivity index (χ4n) is 2.20. The highest BCUT2D eigenvalue weighted by atomic mass is 16.5. The van der Waals surface area contributed by atoms with Crippen LogP contribution in [0.1, 0.15) is 29.7 Å². The van der Waals surface area contributed by atoms with Gasteiger partial charge in [0.1, 0.15) is 12.4 Å². The highest BCUT2D eigenvalue weighted by molar-refractivity contribution is 6.03. The number of nitrogens with one attached hydrogen (secondary N) is 1. The van der Waals surface area contributed by atoms with Crippen LogP contribution in [0, 0.1) is 6.92 Å². The van der Waals surface area contributed by atoms with Gasteiger partial charge in [-0.15, -0.1) is 0 Å². The molecule has 2 rings (SSSR count). The molecular formula is C14H18N2O5. The van der Waals surface area contributed by atoms with Crippen LogP contribution in [0.4, 0.5) is 0 Å². The van der Waals surface area contributed by atoms with E-state index in [0.717, 1.165) is 0 Å². The van der Waals surface area contributed by atoms with Crippen molar-refractivity contribution < 1.29 is 24.5 Å². The zero-order valence-electron chi connectivity index (χ0n) is 11.8. The van der Waals surface area contributed by atoms with Crippen LogP contribution in [0.15, 0.2) is 6.20 Å². The van der Waals surface area contributed by atoms with Crippen molar-refractivity contribution in [2.45, 2.75) is 39.0 Å². The number of aryl methyl sites for hydroxylation is 1. The van der Waals surface area contributed by atoms with E-state index in [1.807, 2.05) is 0 Å². The average Bonchev–Trinajstić information content (AvgIpc) is 2.48. The number of pyridine rings is 1. The number of piperidine rings is 1. The lowest BCUT2D eigenvalue weighted by Gasteiger charge is -2.21. The molecule has 7 nitrogen and oxygen atoms in total. The average molecular weight is 294 g/mol. The van der Waals surface area contributed by atoms with Gasteiger partial charge in [0.2, 0.25) is 0 Å². The Kier molecular flexibility index (Phi) is 4.87. The molecule has 1 aromatic rings. The number of aromatic nitrogens is 1. The van der Waals surface area contributed by atoms with Gasteiger partial charge < -0.3 is 14.9 Å². The summed E-state index contributed by atoms with van der Waals surface area (Å²) in [6, 6.07) is -0.927. The van der Waals surface area contributed by atoms with Crippen molar-refractivity contribution in [2.75, 3.05) is 6.54 Å². The molecule has 7 heteroatoms. The maximum atomic E-state index is 11.9. The smallest absolute Gasteiger partial charge is 0.331 e. The molecule has 1 fully saturated rings. The van der Waals surface area contributed by atoms with E-state index in [2.05, 4.69) is 10.3 Å². The van der Waals surface area contributed by atoms with Gasteiger partial charge in [0.15, 0.2) is 11.8 Å². The van der Waals surface area contributed by atoms with Gasteiger partial charge in [-0.05, 0) is 19.9 Å². The first-order valence-electron chi connectivity index (χ1n) is 6.74. The number of ketones is 1. The van der Waals surface area contributed by atoms with Crippen LogP contribution in [-0.2, 0) is 27.5 Å². The Morgan fingerprint density at radius 2 is 2.33 bits per heavy atom. The third kappa shape index (κ3) is 3.37. The summed E-state index contributed by atoms with van der Waals surface area (Å²) >= 11 is 0. The predicted molar refractivity (Wildman–Crippen MR) is 72.4 cm³/mol. The number of hydrogen-bond acceptors (Lipinski definition) is 7. The van der Waals surface area contributed by atoms with Gasteiger partial charge in [-0.25, -0.2) is 4.79 Å². The molecule has 1 aromatic heterocycles. The van der Waals surface area contributed by atoms with Gasteiger partial charge in [0.25, 0.3) is 0 Å². The number of Topliss-reactive ketones (excluding diaryl/α,β-unsaturated/α-hetero) is 1. The molecule has 0 amide bonds. The Hall–Kier alpha value is -1.99. The van der Waals surface area contributed by atoms with Crippen LogP contribution in [0.3, 0.4) is 0 Å². The summed E-state index contributed by atoms with van der Waals surface area (Å²) in [5.41, 5.74) is 1.08. The Labute approximate surface area is 122 Å². The van der Waals surface area contributed by atoms with Crippen molar-refractivity contribution in [2.24, 2.45) is 0 Å². The summed E-state index contributed by atoms with van der Waals surface area (Å²) in [5, 5.41) is 21.9. The van der Waals surface area contributed by atoms with Gasteiger partial charge in [-0.3, -0.25) is 15.1 Å². The fourth-order valence-corrected chi connectivity index (χ4v) is 2.20. The first kappa shape index (κ1) is 15.4. The SMILES string of the molecule is Cc1ncc(COC(=O)[C@H]2NCCCC2=O)c(CO)c1O. The molecule has 0 radical (unpaired) electrons. The molecule has 0 unspecified atom stereocenters. The number of carbonyl (C=O) groups is 2. The quantitative estimate of drug-likeness (QED) is 0.528. The standard InChI is InChI=1S/C14H18N2O5/c1-8-13(19)10(6-17)9(5-16-8)7-21-14(20)12-11(18)3-2-4-15-12/h5,12,15,17,19H,2-4,6-7H2,1H3/t12-/m0/s1. The first-order valence-corrected chi connectivity index (χ1v) is 6.74. The van der Waals surface area contributed by atoms with E-state index >= 15 is 0 Å². The highest BCUT2D eigenvalue weighted by Crippen LogP contribution is 2.24. The number of nitrogens with zero attached hydrogens (tertiary/aromatic N) is 1. The monoisotopic (exact) mass is 294 g/mol. The van der Waals surface area contributed by atoms with Crippen molar-refractivity contribution in [1.29, 1.82) is 0 Å². The van der Waals surface area contributed by atoms with Gasteiger partial charge in [0.05, 0.1) is 12.3 Å². The van der Waals surface area contributed by atoms with Gasteiger partial charge in [-0.1, -0.05) is 0 Å². The van der Waals surface area contributed by atoms with Crippen molar-refractivity contribution in [3.63, 3.8) is 0 Å². The molecule has 0 aromatic carbocycles. The minimum Gasteiger partial charge on any atom is -0.506 e. The van der Waals surface area contributed by atoms with E-state index in [4.69, 9.17) is 4.74 Å². The first-order chi connectivity index (χ1) is 10.0. The second-order valence-corrected chi connectivity index (χ2v) is 4.92. The number of hydrogen-bond donors (Lipinski definition) is 3. The normalized spacial score (nSPS) is 18.6. The van der Waals surface area contributed by atoms with E-state index in [0.29, 0.717) is 30.6 Å². The summed E-state index contributed by atoms with van der Waals surface area (Å²) in [5.74, 6) is -0.944. The maximum absolute atomic E-state index is 11.9. The summed E-state index contributed by atoms with van der Waals surface area (Å²) in [6.45, 7) is 1.67. The zero-order chi connectivity index (χ0) is 15.4. The summed E-state index contributed by atoms with van der Waals surface area (Å²) in [7, 11) is 0. The molecular weight excluding hydrogens is 276 g/mol. The van der Waals surface area contributed by atoms with Crippen LogP contribution in [0.2, 0.25) is 0 Å². The molecule has 1 aliphatic rings. The van der Waals surface area contributed by atoms with Crippen molar-refractivity contribution >= 4 is 11.8 Å². The number of aromatic hydroxyl groups is 1. The van der Waals surface area contributed by atoms with Crippen molar-refractivity contribution in [3.8, 4) is 5.75 Å². The minimum atomic E-state index is -0.927. The Balaban J connectivity index is 2.04. The molecule has 114 valence electrons. The molecule has 0 spiro atoms. The van der Waals surface area contributed by atoms with E-state index in [1.165, 1.54) is 6.20 Å². The fraction of sp³-hybridized carbons (Fsp3) is 0.500. The lowest BCUT2D eigenvalue weighted by molar-refractivity contribution is -0.151. The van der Waals surface area contributed by atoms with Crippen LogP contribution in [-0.4, -0.2) is 39.5 Å². The Bertz CT molecular complexity index is 559. The number of esters is 1. The molecule has 0 bridgehead atoms. The number of aliphatic hydroxyl groups excluding tert-OH is 1. The Morgan fingerprint density at radius 3 is 3.00 bits per heavy atom. The van der Waals surface area contributed by atoms with Crippen LogP contribution in [0.5, 0.6) is 5.75 Å². The van der Waals surface area contributed by atoms with Gasteiger partial charge in [0, 0.05) is 23.7 Å². The second-order valence-electron chi connectivity index (χ2n) is 4.92. The second kappa shape index (κ2) is 6.64. The third-order valence-electron chi connectivity index (χ3n) is 3.46. The van der Waals surface area contributed by atoms with Crippen LogP contribution in [0.25, 0.3) is 0 Å². The molecule has 2 heterocycles. The summed E-state index contributed by atoms with van der Waals surface area (Å²) < 4.78 is 5.09. The molecule has 21 heavy (non-hydrogen) atoms. The maximum Gasteiger partial charge on any atom is 0.331 e. The zero-order valence-corrected chi connectivity index (χ0v) is 11.8. The van der Waals surface area contributed by atoms with E-state index < -0.39 is 12.0 Å². The number of aliphatic hydroxyl groups is 1. The predicted octanol–water partition coefficient (Wildman–Crippen LogP) is -0.0478. The number of carbonyl (C=O) groups excluding carboxylic acids is 2. The largest absolute Gasteiger partial charge is 0.506 e. The van der Waals surface area contributed by atoms with Crippen LogP contribution < -0.4 is 5.32 Å². The molecule has 1 saturated heterocycles. The molecule has 3 N–H and O–H groups in total. The summed E-state index contributed by atoms with van der Waals surface area (Å²) in [6.07, 6.45) is 2.51. The van der Waals surface area contributed by atoms with E-state index in [1.54, 1.807) is 6.92 Å². The van der Waals surface area contributed by atoms with Gasteiger partial charge >= 0.3 is 5.97 Å². The van der Waals surface area contributed by atoms with Crippen LogP contribution >= 0.6 is 0 Å². The molecule has 1 aliphatic heterocycles. The molecule has 0 aliphatic carbocycles. The summed E-state index contributed by atoms with van der Waals surface area (Å²) in [4.78, 5) is 27.5.